The van der Waals surface area contributed by atoms with Crippen LogP contribution in [0.15, 0.2) is 0 Å². The number of carbonyl (C=O) groups is 1. The van der Waals surface area contributed by atoms with Crippen molar-refractivity contribution in [2.45, 2.75) is 13.8 Å². The molecule has 3 nitrogen and oxygen atoms in total. The molecule has 1 N–H and O–H groups in total. The van der Waals surface area contributed by atoms with E-state index >= 15 is 0 Å². The lowest BCUT2D eigenvalue weighted by Gasteiger charge is -1.95. The molecule has 0 saturated heterocycles. The van der Waals surface area contributed by atoms with Crippen LogP contribution in [0.3, 0.4) is 0 Å². The van der Waals surface area contributed by atoms with Gasteiger partial charge < -0.3 is 4.74 Å². The summed E-state index contributed by atoms with van der Waals surface area (Å²) < 4.78 is 4.44. The molecule has 0 aliphatic carbocycles. The number of carbonyl (C=O) groups excluding carboxylic acids is 1. The van der Waals surface area contributed by atoms with E-state index in [1.54, 1.807) is 6.92 Å². The topological polar surface area (TPSA) is 50.2 Å². The van der Waals surface area contributed by atoms with Crippen molar-refractivity contribution in [3.05, 3.63) is 0 Å². The first-order valence-corrected chi connectivity index (χ1v) is 2.40. The van der Waals surface area contributed by atoms with E-state index in [1.165, 1.54) is 6.92 Å². The summed E-state index contributed by atoms with van der Waals surface area (Å²) in [5, 5.41) is 6.73. The summed E-state index contributed by atoms with van der Waals surface area (Å²) in [5.41, 5.74) is -0.0492. The molecule has 0 aromatic rings. The monoisotopic (exact) mass is 115 g/mol. The second-order valence-corrected chi connectivity index (χ2v) is 1.35. The molecule has 3 heteroatoms. The summed E-state index contributed by atoms with van der Waals surface area (Å²) in [4.78, 5) is 10.3. The molecule has 0 fully saturated rings. The number of ether oxygens (including phenoxy) is 1. The van der Waals surface area contributed by atoms with Gasteiger partial charge in [-0.1, -0.05) is 0 Å². The largest absolute Gasteiger partial charge is 0.462 e. The Morgan fingerprint density at radius 3 is 2.38 bits per heavy atom. The maximum atomic E-state index is 10.3. The molecule has 0 amide bonds. The van der Waals surface area contributed by atoms with Gasteiger partial charge in [0.1, 0.15) is 5.71 Å². The molecule has 0 rings (SSSR count). The van der Waals surface area contributed by atoms with Gasteiger partial charge in [-0.05, 0) is 13.8 Å². The normalized spacial score (nSPS) is 8.25. The molecular formula is C5H9NO2. The van der Waals surface area contributed by atoms with Crippen LogP contribution in [-0.4, -0.2) is 18.3 Å². The van der Waals surface area contributed by atoms with Crippen molar-refractivity contribution in [3.8, 4) is 0 Å². The summed E-state index contributed by atoms with van der Waals surface area (Å²) in [7, 11) is 0. The average Bonchev–Trinajstić information content (AvgIpc) is 1.67. The SMILES string of the molecule is CCOC(=O)C(C)=N. The van der Waals surface area contributed by atoms with Gasteiger partial charge in [0.25, 0.3) is 0 Å². The van der Waals surface area contributed by atoms with Crippen molar-refractivity contribution in [2.75, 3.05) is 6.61 Å². The van der Waals surface area contributed by atoms with Crippen LogP contribution in [0.1, 0.15) is 13.8 Å². The van der Waals surface area contributed by atoms with E-state index in [2.05, 4.69) is 4.74 Å². The number of esters is 1. The lowest BCUT2D eigenvalue weighted by atomic mass is 10.4. The van der Waals surface area contributed by atoms with E-state index in [0.29, 0.717) is 6.61 Å². The standard InChI is InChI=1S/C5H9NO2/c1-3-8-5(7)4(2)6/h6H,3H2,1-2H3. The van der Waals surface area contributed by atoms with Gasteiger partial charge >= 0.3 is 5.97 Å². The molecule has 0 spiro atoms. The summed E-state index contributed by atoms with van der Waals surface area (Å²) in [6.45, 7) is 3.45. The second-order valence-electron chi connectivity index (χ2n) is 1.35. The van der Waals surface area contributed by atoms with Gasteiger partial charge in [-0.25, -0.2) is 4.79 Å². The lowest BCUT2D eigenvalue weighted by molar-refractivity contribution is -0.135. The number of hydrogen-bond acceptors (Lipinski definition) is 3. The average molecular weight is 115 g/mol. The van der Waals surface area contributed by atoms with Crippen LogP contribution in [0.2, 0.25) is 0 Å². The predicted octanol–water partition coefficient (Wildman–Crippen LogP) is 0.589. The molecule has 0 unspecified atom stereocenters. The minimum atomic E-state index is -0.535. The summed E-state index contributed by atoms with van der Waals surface area (Å²) in [6, 6.07) is 0. The van der Waals surface area contributed by atoms with Crippen molar-refractivity contribution < 1.29 is 9.53 Å². The molecule has 0 radical (unpaired) electrons. The molecule has 46 valence electrons. The van der Waals surface area contributed by atoms with Crippen molar-refractivity contribution in [1.82, 2.24) is 0 Å². The molecule has 0 aromatic carbocycles. The third-order valence-electron chi connectivity index (χ3n) is 0.582. The van der Waals surface area contributed by atoms with E-state index in [0.717, 1.165) is 0 Å². The molecule has 0 atom stereocenters. The maximum absolute atomic E-state index is 10.3. The summed E-state index contributed by atoms with van der Waals surface area (Å²) in [6.07, 6.45) is 0. The van der Waals surface area contributed by atoms with Gasteiger partial charge in [0.15, 0.2) is 0 Å². The minimum absolute atomic E-state index is 0.0492. The number of hydrogen-bond donors (Lipinski definition) is 1. The van der Waals surface area contributed by atoms with Gasteiger partial charge in [0.2, 0.25) is 0 Å². The van der Waals surface area contributed by atoms with E-state index < -0.39 is 5.97 Å². The first-order valence-electron chi connectivity index (χ1n) is 2.40. The van der Waals surface area contributed by atoms with Crippen LogP contribution >= 0.6 is 0 Å². The smallest absolute Gasteiger partial charge is 0.351 e. The fraction of sp³-hybridized carbons (Fsp3) is 0.600. The van der Waals surface area contributed by atoms with Crippen LogP contribution in [-0.2, 0) is 9.53 Å². The highest BCUT2D eigenvalue weighted by atomic mass is 16.5. The Morgan fingerprint density at radius 2 is 2.25 bits per heavy atom. The number of rotatable bonds is 2. The molecule has 0 bridgehead atoms. The van der Waals surface area contributed by atoms with Crippen LogP contribution in [0.5, 0.6) is 0 Å². The zero-order valence-corrected chi connectivity index (χ0v) is 5.02. The van der Waals surface area contributed by atoms with Gasteiger partial charge in [-0.2, -0.15) is 0 Å². The van der Waals surface area contributed by atoms with E-state index in [4.69, 9.17) is 5.41 Å². The minimum Gasteiger partial charge on any atom is -0.462 e. The van der Waals surface area contributed by atoms with E-state index in [-0.39, 0.29) is 5.71 Å². The fourth-order valence-electron chi connectivity index (χ4n) is 0.239. The first kappa shape index (κ1) is 7.14. The van der Waals surface area contributed by atoms with Crippen LogP contribution in [0.25, 0.3) is 0 Å². The molecule has 0 saturated carbocycles. The van der Waals surface area contributed by atoms with Gasteiger partial charge in [-0.3, -0.25) is 5.41 Å². The molecule has 0 heterocycles. The zero-order valence-electron chi connectivity index (χ0n) is 5.02. The molecule has 0 aliphatic heterocycles. The second kappa shape index (κ2) is 3.18. The van der Waals surface area contributed by atoms with Crippen molar-refractivity contribution in [1.29, 1.82) is 5.41 Å². The summed E-state index contributed by atoms with van der Waals surface area (Å²) >= 11 is 0. The quantitative estimate of drug-likeness (QED) is 0.423. The Labute approximate surface area is 48.2 Å². The van der Waals surface area contributed by atoms with E-state index in [9.17, 15) is 4.79 Å². The van der Waals surface area contributed by atoms with Crippen LogP contribution in [0.4, 0.5) is 0 Å². The van der Waals surface area contributed by atoms with Gasteiger partial charge in [-0.15, -0.1) is 0 Å². The lowest BCUT2D eigenvalue weighted by Crippen LogP contribution is -2.12. The molecule has 0 aliphatic rings. The summed E-state index contributed by atoms with van der Waals surface area (Å²) in [5.74, 6) is -0.535. The Bertz CT molecular complexity index is 109. The fourth-order valence-corrected chi connectivity index (χ4v) is 0.239. The van der Waals surface area contributed by atoms with Gasteiger partial charge in [0, 0.05) is 0 Å². The predicted molar refractivity (Wildman–Crippen MR) is 30.0 cm³/mol. The Balaban J connectivity index is 3.49. The zero-order chi connectivity index (χ0) is 6.57. The third-order valence-corrected chi connectivity index (χ3v) is 0.582. The Hall–Kier alpha value is -0.860. The van der Waals surface area contributed by atoms with Crippen molar-refractivity contribution in [3.63, 3.8) is 0 Å². The van der Waals surface area contributed by atoms with Crippen molar-refractivity contribution in [2.24, 2.45) is 0 Å². The highest BCUT2D eigenvalue weighted by Gasteiger charge is 2.00. The van der Waals surface area contributed by atoms with Crippen molar-refractivity contribution >= 4 is 11.7 Å². The molecular weight excluding hydrogens is 106 g/mol. The molecule has 0 aromatic heterocycles. The van der Waals surface area contributed by atoms with Crippen LogP contribution < -0.4 is 0 Å². The number of nitrogens with one attached hydrogen (secondary N) is 1. The van der Waals surface area contributed by atoms with Gasteiger partial charge in [0.05, 0.1) is 6.61 Å². The Morgan fingerprint density at radius 1 is 1.75 bits per heavy atom. The highest BCUT2D eigenvalue weighted by Crippen LogP contribution is 1.77. The van der Waals surface area contributed by atoms with E-state index in [1.807, 2.05) is 0 Å². The maximum Gasteiger partial charge on any atom is 0.351 e. The third kappa shape index (κ3) is 2.34. The first-order chi connectivity index (χ1) is 3.68. The molecule has 8 heavy (non-hydrogen) atoms. The van der Waals surface area contributed by atoms with Crippen LogP contribution in [0, 0.1) is 5.41 Å². The highest BCUT2D eigenvalue weighted by molar-refractivity contribution is 6.33. The Kier molecular flexibility index (Phi) is 2.84.